The van der Waals surface area contributed by atoms with Gasteiger partial charge in [0.25, 0.3) is 11.6 Å². The van der Waals surface area contributed by atoms with Crippen molar-refractivity contribution in [2.75, 3.05) is 0 Å². The van der Waals surface area contributed by atoms with Gasteiger partial charge >= 0.3 is 0 Å². The lowest BCUT2D eigenvalue weighted by atomic mass is 10.2. The minimum Gasteiger partial charge on any atom is -0.317 e. The molecule has 0 spiro atoms. The van der Waals surface area contributed by atoms with Gasteiger partial charge in [-0.1, -0.05) is 35.1 Å². The molecular formula is C16H12ClN3O3S. The first-order valence-corrected chi connectivity index (χ1v) is 8.32. The van der Waals surface area contributed by atoms with E-state index in [1.165, 1.54) is 23.5 Å². The van der Waals surface area contributed by atoms with Gasteiger partial charge in [0.2, 0.25) is 0 Å². The lowest BCUT2D eigenvalue weighted by Gasteiger charge is -2.01. The highest BCUT2D eigenvalue weighted by atomic mass is 35.5. The molecule has 0 aliphatic heterocycles. The predicted octanol–water partition coefficient (Wildman–Crippen LogP) is 4.03. The fraction of sp³-hybridized carbons (Fsp3) is 0.125. The summed E-state index contributed by atoms with van der Waals surface area (Å²) >= 11 is 7.27. The van der Waals surface area contributed by atoms with E-state index in [1.54, 1.807) is 30.3 Å². The molecule has 122 valence electrons. The molecule has 1 amide bonds. The number of thiazole rings is 1. The van der Waals surface area contributed by atoms with Crippen LogP contribution in [0.15, 0.2) is 47.5 Å². The van der Waals surface area contributed by atoms with Crippen LogP contribution in [-0.4, -0.2) is 15.4 Å². The number of benzene rings is 2. The first-order valence-electron chi connectivity index (χ1n) is 7.12. The number of halogens is 1. The molecule has 0 aliphatic carbocycles. The summed E-state index contributed by atoms with van der Waals surface area (Å²) in [5, 5.41) is 11.3. The molecule has 0 unspecified atom stereocenters. The maximum Gasteiger partial charge on any atom is 0.281 e. The quantitative estimate of drug-likeness (QED) is 0.522. The zero-order chi connectivity index (χ0) is 17.3. The van der Waals surface area contributed by atoms with Gasteiger partial charge in [-0.05, 0) is 25.1 Å². The van der Waals surface area contributed by atoms with Crippen LogP contribution in [-0.2, 0) is 6.54 Å². The summed E-state index contributed by atoms with van der Waals surface area (Å²) in [5.74, 6) is -0.441. The van der Waals surface area contributed by atoms with Crippen molar-refractivity contribution in [2.45, 2.75) is 13.5 Å². The number of fused-ring (bicyclic) bond motifs is 1. The largest absolute Gasteiger partial charge is 0.317 e. The molecule has 6 nitrogen and oxygen atoms in total. The van der Waals surface area contributed by atoms with Crippen molar-refractivity contribution in [3.8, 4) is 0 Å². The van der Waals surface area contributed by atoms with Gasteiger partial charge in [-0.2, -0.15) is 4.99 Å². The number of carbonyl (C=O) groups excluding carboxylic acids is 1. The van der Waals surface area contributed by atoms with Crippen molar-refractivity contribution in [3.05, 3.63) is 68.0 Å². The average molecular weight is 362 g/mol. The second kappa shape index (κ2) is 6.54. The van der Waals surface area contributed by atoms with Crippen LogP contribution in [0.3, 0.4) is 0 Å². The van der Waals surface area contributed by atoms with Gasteiger partial charge in [-0.25, -0.2) is 0 Å². The van der Waals surface area contributed by atoms with E-state index in [2.05, 4.69) is 4.99 Å². The number of non-ortho nitro benzene ring substituents is 1. The van der Waals surface area contributed by atoms with Crippen molar-refractivity contribution >= 4 is 44.7 Å². The summed E-state index contributed by atoms with van der Waals surface area (Å²) in [7, 11) is 0. The third-order valence-electron chi connectivity index (χ3n) is 3.49. The second-order valence-electron chi connectivity index (χ2n) is 4.93. The van der Waals surface area contributed by atoms with Crippen molar-refractivity contribution in [1.29, 1.82) is 0 Å². The standard InChI is InChI=1S/C16H12ClN3O3S/c1-2-19-13-8-7-10(20(22)23)9-14(13)24-16(19)18-15(21)11-5-3-4-6-12(11)17/h3-9H,2H2,1H3. The zero-order valence-corrected chi connectivity index (χ0v) is 14.2. The number of hydrogen-bond donors (Lipinski definition) is 0. The third-order valence-corrected chi connectivity index (χ3v) is 4.87. The Kier molecular flexibility index (Phi) is 4.46. The normalized spacial score (nSPS) is 11.8. The molecule has 2 aromatic carbocycles. The molecule has 0 aliphatic rings. The maximum atomic E-state index is 12.4. The number of hydrogen-bond acceptors (Lipinski definition) is 4. The fourth-order valence-corrected chi connectivity index (χ4v) is 3.69. The van der Waals surface area contributed by atoms with Crippen LogP contribution < -0.4 is 4.80 Å². The summed E-state index contributed by atoms with van der Waals surface area (Å²) in [6, 6.07) is 11.3. The van der Waals surface area contributed by atoms with Crippen molar-refractivity contribution < 1.29 is 9.72 Å². The van der Waals surface area contributed by atoms with Crippen LogP contribution >= 0.6 is 22.9 Å². The smallest absolute Gasteiger partial charge is 0.281 e. The topological polar surface area (TPSA) is 77.5 Å². The SMILES string of the molecule is CCn1c(=NC(=O)c2ccccc2Cl)sc2cc([N+](=O)[O-])ccc21. The Bertz CT molecular complexity index is 1020. The van der Waals surface area contributed by atoms with Gasteiger partial charge < -0.3 is 4.57 Å². The Morgan fingerprint density at radius 2 is 2.08 bits per heavy atom. The van der Waals surface area contributed by atoms with Crippen LogP contribution in [0, 0.1) is 10.1 Å². The molecule has 1 aromatic heterocycles. The molecule has 8 heteroatoms. The Balaban J connectivity index is 2.16. The molecule has 1 heterocycles. The minimum atomic E-state index is -0.443. The Morgan fingerprint density at radius 1 is 1.33 bits per heavy atom. The van der Waals surface area contributed by atoms with Crippen LogP contribution in [0.2, 0.25) is 5.02 Å². The van der Waals surface area contributed by atoms with Crippen molar-refractivity contribution in [2.24, 2.45) is 4.99 Å². The zero-order valence-electron chi connectivity index (χ0n) is 12.6. The monoisotopic (exact) mass is 361 g/mol. The number of aryl methyl sites for hydroxylation is 1. The van der Waals surface area contributed by atoms with E-state index < -0.39 is 10.8 Å². The summed E-state index contributed by atoms with van der Waals surface area (Å²) < 4.78 is 2.55. The number of nitro groups is 1. The average Bonchev–Trinajstić information content (AvgIpc) is 2.91. The van der Waals surface area contributed by atoms with Crippen molar-refractivity contribution in [3.63, 3.8) is 0 Å². The molecule has 0 atom stereocenters. The van der Waals surface area contributed by atoms with Crippen LogP contribution in [0.5, 0.6) is 0 Å². The third kappa shape index (κ3) is 2.95. The van der Waals surface area contributed by atoms with Gasteiger partial charge in [-0.3, -0.25) is 14.9 Å². The highest BCUT2D eigenvalue weighted by Crippen LogP contribution is 2.23. The van der Waals surface area contributed by atoms with Crippen LogP contribution in [0.25, 0.3) is 10.2 Å². The predicted molar refractivity (Wildman–Crippen MR) is 93.5 cm³/mol. The van der Waals surface area contributed by atoms with Gasteiger partial charge in [0.1, 0.15) is 0 Å². The van der Waals surface area contributed by atoms with Gasteiger partial charge in [0.15, 0.2) is 4.80 Å². The van der Waals surface area contributed by atoms with E-state index in [0.29, 0.717) is 26.6 Å². The molecule has 0 radical (unpaired) electrons. The molecule has 0 saturated heterocycles. The number of nitrogens with zero attached hydrogens (tertiary/aromatic N) is 3. The van der Waals surface area contributed by atoms with E-state index in [1.807, 2.05) is 11.5 Å². The Labute approximate surface area is 145 Å². The number of amides is 1. The Hall–Kier alpha value is -2.51. The Morgan fingerprint density at radius 3 is 2.75 bits per heavy atom. The number of nitro benzene ring substituents is 1. The second-order valence-corrected chi connectivity index (χ2v) is 6.35. The van der Waals surface area contributed by atoms with E-state index in [9.17, 15) is 14.9 Å². The molecular weight excluding hydrogens is 350 g/mol. The minimum absolute atomic E-state index is 0.0102. The molecule has 0 N–H and O–H groups in total. The lowest BCUT2D eigenvalue weighted by Crippen LogP contribution is -2.16. The number of aromatic nitrogens is 1. The molecule has 0 fully saturated rings. The summed E-state index contributed by atoms with van der Waals surface area (Å²) in [6.07, 6.45) is 0. The summed E-state index contributed by atoms with van der Waals surface area (Å²) in [4.78, 5) is 27.5. The van der Waals surface area contributed by atoms with Gasteiger partial charge in [0, 0.05) is 18.7 Å². The van der Waals surface area contributed by atoms with Crippen molar-refractivity contribution in [1.82, 2.24) is 4.57 Å². The number of rotatable bonds is 3. The fourth-order valence-electron chi connectivity index (χ4n) is 2.35. The van der Waals surface area contributed by atoms with E-state index >= 15 is 0 Å². The molecule has 24 heavy (non-hydrogen) atoms. The molecule has 0 bridgehead atoms. The molecule has 0 saturated carbocycles. The lowest BCUT2D eigenvalue weighted by molar-refractivity contribution is -0.384. The summed E-state index contributed by atoms with van der Waals surface area (Å²) in [6.45, 7) is 2.51. The highest BCUT2D eigenvalue weighted by Gasteiger charge is 2.13. The van der Waals surface area contributed by atoms with Crippen LogP contribution in [0.4, 0.5) is 5.69 Å². The number of carbonyl (C=O) groups is 1. The van der Waals surface area contributed by atoms with Gasteiger partial charge in [0.05, 0.1) is 25.7 Å². The molecule has 3 aromatic rings. The van der Waals surface area contributed by atoms with E-state index in [-0.39, 0.29) is 5.69 Å². The molecule has 3 rings (SSSR count). The van der Waals surface area contributed by atoms with E-state index in [0.717, 1.165) is 5.52 Å². The van der Waals surface area contributed by atoms with E-state index in [4.69, 9.17) is 11.6 Å². The van der Waals surface area contributed by atoms with Gasteiger partial charge in [-0.15, -0.1) is 0 Å². The highest BCUT2D eigenvalue weighted by molar-refractivity contribution is 7.16. The first kappa shape index (κ1) is 16.4. The maximum absolute atomic E-state index is 12.4. The first-order chi connectivity index (χ1) is 11.5. The van der Waals surface area contributed by atoms with Crippen LogP contribution in [0.1, 0.15) is 17.3 Å². The summed E-state index contributed by atoms with van der Waals surface area (Å²) in [5.41, 5.74) is 1.14.